The maximum atomic E-state index is 5.36. The molecule has 0 saturated heterocycles. The van der Waals surface area contributed by atoms with E-state index >= 15 is 0 Å². The van der Waals surface area contributed by atoms with Crippen molar-refractivity contribution in [3.8, 4) is 5.75 Å². The van der Waals surface area contributed by atoms with Gasteiger partial charge in [-0.05, 0) is 31.0 Å². The van der Waals surface area contributed by atoms with Crippen LogP contribution in [0, 0.1) is 6.92 Å². The maximum Gasteiger partial charge on any atom is 0.142 e. The summed E-state index contributed by atoms with van der Waals surface area (Å²) in [6, 6.07) is 6.29. The molecule has 0 atom stereocenters. The van der Waals surface area contributed by atoms with Crippen LogP contribution in [-0.2, 0) is 0 Å². The minimum atomic E-state index is 0.958. The van der Waals surface area contributed by atoms with E-state index in [0.29, 0.717) is 0 Å². The SMILES string of the molecule is CCCCN(C)c1cc(C)ccc1OC. The molecule has 0 bridgehead atoms. The van der Waals surface area contributed by atoms with Gasteiger partial charge in [-0.1, -0.05) is 19.4 Å². The quantitative estimate of drug-likeness (QED) is 0.735. The molecule has 0 saturated carbocycles. The van der Waals surface area contributed by atoms with Crippen molar-refractivity contribution in [2.75, 3.05) is 25.6 Å². The summed E-state index contributed by atoms with van der Waals surface area (Å²) in [7, 11) is 3.84. The van der Waals surface area contributed by atoms with Crippen LogP contribution in [0.5, 0.6) is 5.75 Å². The predicted octanol–water partition coefficient (Wildman–Crippen LogP) is 3.24. The fourth-order valence-electron chi connectivity index (χ4n) is 1.61. The summed E-state index contributed by atoms with van der Waals surface area (Å²) >= 11 is 0. The fraction of sp³-hybridized carbons (Fsp3) is 0.538. The molecule has 1 rings (SSSR count). The van der Waals surface area contributed by atoms with Crippen LogP contribution in [0.4, 0.5) is 5.69 Å². The second-order valence-electron chi connectivity index (χ2n) is 3.95. The van der Waals surface area contributed by atoms with Gasteiger partial charge in [-0.2, -0.15) is 0 Å². The Balaban J connectivity index is 2.85. The smallest absolute Gasteiger partial charge is 0.142 e. The molecular formula is C13H21NO. The molecule has 2 nitrogen and oxygen atoms in total. The lowest BCUT2D eigenvalue weighted by atomic mass is 10.2. The zero-order valence-electron chi connectivity index (χ0n) is 10.2. The van der Waals surface area contributed by atoms with Gasteiger partial charge in [0.1, 0.15) is 5.75 Å². The Morgan fingerprint density at radius 3 is 2.67 bits per heavy atom. The Morgan fingerprint density at radius 1 is 1.33 bits per heavy atom. The third-order valence-electron chi connectivity index (χ3n) is 2.59. The highest BCUT2D eigenvalue weighted by molar-refractivity contribution is 5.59. The van der Waals surface area contributed by atoms with Crippen molar-refractivity contribution in [3.05, 3.63) is 23.8 Å². The Hall–Kier alpha value is -1.18. The van der Waals surface area contributed by atoms with Crippen LogP contribution in [-0.4, -0.2) is 20.7 Å². The van der Waals surface area contributed by atoms with Crippen molar-refractivity contribution in [2.24, 2.45) is 0 Å². The van der Waals surface area contributed by atoms with Crippen LogP contribution in [0.3, 0.4) is 0 Å². The van der Waals surface area contributed by atoms with Gasteiger partial charge >= 0.3 is 0 Å². The molecule has 0 heterocycles. The van der Waals surface area contributed by atoms with E-state index in [9.17, 15) is 0 Å². The van der Waals surface area contributed by atoms with Gasteiger partial charge in [-0.3, -0.25) is 0 Å². The molecule has 84 valence electrons. The first-order valence-corrected chi connectivity index (χ1v) is 5.54. The zero-order valence-corrected chi connectivity index (χ0v) is 10.2. The first kappa shape index (κ1) is 11.9. The second-order valence-corrected chi connectivity index (χ2v) is 3.95. The molecule has 1 aromatic rings. The summed E-state index contributed by atoms with van der Waals surface area (Å²) in [6.45, 7) is 5.40. The van der Waals surface area contributed by atoms with Crippen molar-refractivity contribution in [1.29, 1.82) is 0 Å². The summed E-state index contributed by atoms with van der Waals surface area (Å²) < 4.78 is 5.36. The minimum absolute atomic E-state index is 0.958. The number of nitrogens with zero attached hydrogens (tertiary/aromatic N) is 1. The van der Waals surface area contributed by atoms with Crippen molar-refractivity contribution in [2.45, 2.75) is 26.7 Å². The summed E-state index contributed by atoms with van der Waals surface area (Å²) in [5, 5.41) is 0. The van der Waals surface area contributed by atoms with Gasteiger partial charge in [0.15, 0.2) is 0 Å². The largest absolute Gasteiger partial charge is 0.495 e. The number of benzene rings is 1. The Bertz CT molecular complexity index is 309. The standard InChI is InChI=1S/C13H21NO/c1-5-6-9-14(3)12-10-11(2)7-8-13(12)15-4/h7-8,10H,5-6,9H2,1-4H3. The molecule has 0 N–H and O–H groups in total. The zero-order chi connectivity index (χ0) is 11.3. The Kier molecular flexibility index (Phi) is 4.47. The monoisotopic (exact) mass is 207 g/mol. The van der Waals surface area contributed by atoms with E-state index in [0.717, 1.165) is 12.3 Å². The van der Waals surface area contributed by atoms with Crippen molar-refractivity contribution < 1.29 is 4.74 Å². The molecule has 0 aromatic heterocycles. The molecular weight excluding hydrogens is 186 g/mol. The van der Waals surface area contributed by atoms with Crippen LogP contribution in [0.1, 0.15) is 25.3 Å². The molecule has 0 unspecified atom stereocenters. The first-order chi connectivity index (χ1) is 7.19. The van der Waals surface area contributed by atoms with Gasteiger partial charge in [0.05, 0.1) is 12.8 Å². The van der Waals surface area contributed by atoms with E-state index in [1.807, 2.05) is 6.07 Å². The lowest BCUT2D eigenvalue weighted by Crippen LogP contribution is -2.19. The van der Waals surface area contributed by atoms with Crippen molar-refractivity contribution >= 4 is 5.69 Å². The highest BCUT2D eigenvalue weighted by atomic mass is 16.5. The number of aryl methyl sites for hydroxylation is 1. The summed E-state index contributed by atoms with van der Waals surface area (Å²) in [5.74, 6) is 0.958. The highest BCUT2D eigenvalue weighted by Crippen LogP contribution is 2.28. The highest BCUT2D eigenvalue weighted by Gasteiger charge is 2.07. The Labute approximate surface area is 92.9 Å². The molecule has 15 heavy (non-hydrogen) atoms. The van der Waals surface area contributed by atoms with Gasteiger partial charge in [0.2, 0.25) is 0 Å². The van der Waals surface area contributed by atoms with E-state index in [4.69, 9.17) is 4.74 Å². The minimum Gasteiger partial charge on any atom is -0.495 e. The predicted molar refractivity (Wildman–Crippen MR) is 65.9 cm³/mol. The van der Waals surface area contributed by atoms with Crippen molar-refractivity contribution in [1.82, 2.24) is 0 Å². The van der Waals surface area contributed by atoms with E-state index in [1.54, 1.807) is 7.11 Å². The second kappa shape index (κ2) is 5.64. The topological polar surface area (TPSA) is 12.5 Å². The van der Waals surface area contributed by atoms with Crippen molar-refractivity contribution in [3.63, 3.8) is 0 Å². The average molecular weight is 207 g/mol. The van der Waals surface area contributed by atoms with Gasteiger partial charge in [-0.15, -0.1) is 0 Å². The number of hydrogen-bond donors (Lipinski definition) is 0. The van der Waals surface area contributed by atoms with E-state index in [1.165, 1.54) is 24.1 Å². The normalized spacial score (nSPS) is 10.1. The lowest BCUT2D eigenvalue weighted by Gasteiger charge is -2.21. The lowest BCUT2D eigenvalue weighted by molar-refractivity contribution is 0.414. The molecule has 1 aromatic carbocycles. The van der Waals surface area contributed by atoms with Crippen LogP contribution in [0.2, 0.25) is 0 Å². The molecule has 2 heteroatoms. The van der Waals surface area contributed by atoms with E-state index in [-0.39, 0.29) is 0 Å². The van der Waals surface area contributed by atoms with E-state index < -0.39 is 0 Å². The molecule has 0 fully saturated rings. The molecule has 0 amide bonds. The summed E-state index contributed by atoms with van der Waals surface area (Å²) in [6.07, 6.45) is 2.44. The summed E-state index contributed by atoms with van der Waals surface area (Å²) in [4.78, 5) is 2.26. The molecule has 0 radical (unpaired) electrons. The number of hydrogen-bond acceptors (Lipinski definition) is 2. The van der Waals surface area contributed by atoms with Crippen LogP contribution < -0.4 is 9.64 Å². The average Bonchev–Trinajstić information content (AvgIpc) is 2.25. The molecule has 0 aliphatic heterocycles. The number of rotatable bonds is 5. The fourth-order valence-corrected chi connectivity index (χ4v) is 1.61. The maximum absolute atomic E-state index is 5.36. The first-order valence-electron chi connectivity index (χ1n) is 5.54. The molecule has 0 aliphatic carbocycles. The van der Waals surface area contributed by atoms with Crippen LogP contribution in [0.15, 0.2) is 18.2 Å². The van der Waals surface area contributed by atoms with E-state index in [2.05, 4.69) is 37.9 Å². The van der Waals surface area contributed by atoms with Crippen LogP contribution in [0.25, 0.3) is 0 Å². The van der Waals surface area contributed by atoms with Gasteiger partial charge < -0.3 is 9.64 Å². The molecule has 0 spiro atoms. The van der Waals surface area contributed by atoms with Crippen LogP contribution >= 0.6 is 0 Å². The van der Waals surface area contributed by atoms with Gasteiger partial charge in [0.25, 0.3) is 0 Å². The number of methoxy groups -OCH3 is 1. The number of ether oxygens (including phenoxy) is 1. The number of anilines is 1. The van der Waals surface area contributed by atoms with Gasteiger partial charge in [-0.25, -0.2) is 0 Å². The Morgan fingerprint density at radius 2 is 2.07 bits per heavy atom. The van der Waals surface area contributed by atoms with Gasteiger partial charge in [0, 0.05) is 13.6 Å². The third-order valence-corrected chi connectivity index (χ3v) is 2.59. The number of unbranched alkanes of at least 4 members (excludes halogenated alkanes) is 1. The third kappa shape index (κ3) is 3.15. The molecule has 0 aliphatic rings. The summed E-state index contributed by atoms with van der Waals surface area (Å²) in [5.41, 5.74) is 2.46.